The summed E-state index contributed by atoms with van der Waals surface area (Å²) in [5.74, 6) is 0.486. The van der Waals surface area contributed by atoms with Crippen molar-refractivity contribution in [3.8, 4) is 10.4 Å². The average Bonchev–Trinajstić information content (AvgIpc) is 3.32. The molecule has 27 heavy (non-hydrogen) atoms. The number of hydrogen-bond donors (Lipinski definition) is 1. The number of rotatable bonds is 4. The third-order valence-electron chi connectivity index (χ3n) is 5.12. The van der Waals surface area contributed by atoms with Gasteiger partial charge in [0.25, 0.3) is 5.91 Å². The molecule has 4 rings (SSSR count). The van der Waals surface area contributed by atoms with Crippen molar-refractivity contribution in [2.24, 2.45) is 5.92 Å². The molecule has 1 saturated heterocycles. The highest BCUT2D eigenvalue weighted by atomic mass is 32.1. The van der Waals surface area contributed by atoms with E-state index in [1.54, 1.807) is 30.3 Å². The molecule has 1 unspecified atom stereocenters. The van der Waals surface area contributed by atoms with Gasteiger partial charge in [-0.25, -0.2) is 0 Å². The van der Waals surface area contributed by atoms with Crippen molar-refractivity contribution in [1.29, 1.82) is 0 Å². The van der Waals surface area contributed by atoms with Gasteiger partial charge in [0.15, 0.2) is 5.69 Å². The topological polar surface area (TPSA) is 58.1 Å². The van der Waals surface area contributed by atoms with E-state index in [1.807, 2.05) is 0 Å². The number of aromatic nitrogens is 2. The molecular weight excluding hydrogens is 356 g/mol. The van der Waals surface area contributed by atoms with Crippen LogP contribution in [0.1, 0.15) is 28.2 Å². The third kappa shape index (κ3) is 3.59. The first-order valence-corrected chi connectivity index (χ1v) is 10.1. The summed E-state index contributed by atoms with van der Waals surface area (Å²) in [7, 11) is 3.50. The van der Waals surface area contributed by atoms with Crippen LogP contribution in [0.25, 0.3) is 20.5 Å². The van der Waals surface area contributed by atoms with Crippen molar-refractivity contribution >= 4 is 27.3 Å². The van der Waals surface area contributed by atoms with Crippen LogP contribution in [-0.4, -0.2) is 48.2 Å². The summed E-state index contributed by atoms with van der Waals surface area (Å²) < 4.78 is 0.945. The van der Waals surface area contributed by atoms with E-state index in [1.165, 1.54) is 11.1 Å². The SMILES string of the molecule is Cc1ccc(-c2cc3c(CC4CCNC4)nnc(C(=O)N(C)C)c3s2)cc1. The van der Waals surface area contributed by atoms with Gasteiger partial charge in [-0.2, -0.15) is 5.10 Å². The zero-order valence-corrected chi connectivity index (χ0v) is 16.8. The fraction of sp³-hybridized carbons (Fsp3) is 0.381. The maximum absolute atomic E-state index is 12.6. The number of amides is 1. The van der Waals surface area contributed by atoms with E-state index in [9.17, 15) is 4.79 Å². The van der Waals surface area contributed by atoms with E-state index in [2.05, 4.69) is 52.8 Å². The molecule has 0 aliphatic carbocycles. The number of carbonyl (C=O) groups excluding carboxylic acids is 1. The first-order valence-electron chi connectivity index (χ1n) is 9.31. The lowest BCUT2D eigenvalue weighted by Crippen LogP contribution is -2.23. The van der Waals surface area contributed by atoms with Crippen molar-refractivity contribution in [3.05, 3.63) is 47.3 Å². The normalized spacial score (nSPS) is 16.8. The number of aryl methyl sites for hydroxylation is 1. The van der Waals surface area contributed by atoms with Crippen LogP contribution in [0.2, 0.25) is 0 Å². The number of thiophene rings is 1. The minimum atomic E-state index is -0.0983. The summed E-state index contributed by atoms with van der Waals surface area (Å²) in [6, 6.07) is 10.7. The molecule has 0 saturated carbocycles. The fourth-order valence-corrected chi connectivity index (χ4v) is 4.68. The Morgan fingerprint density at radius 3 is 2.70 bits per heavy atom. The van der Waals surface area contributed by atoms with Gasteiger partial charge in [0.05, 0.1) is 10.4 Å². The fourth-order valence-electron chi connectivity index (χ4n) is 3.52. The molecule has 2 aromatic heterocycles. The quantitative estimate of drug-likeness (QED) is 0.752. The highest BCUT2D eigenvalue weighted by molar-refractivity contribution is 7.22. The summed E-state index contributed by atoms with van der Waals surface area (Å²) in [4.78, 5) is 15.3. The summed E-state index contributed by atoms with van der Waals surface area (Å²) in [5, 5.41) is 13.3. The van der Waals surface area contributed by atoms with Gasteiger partial charge in [0.2, 0.25) is 0 Å². The van der Waals surface area contributed by atoms with E-state index in [0.29, 0.717) is 11.6 Å². The Morgan fingerprint density at radius 2 is 2.04 bits per heavy atom. The van der Waals surface area contributed by atoms with Crippen LogP contribution in [-0.2, 0) is 6.42 Å². The maximum atomic E-state index is 12.6. The molecule has 0 bridgehead atoms. The van der Waals surface area contributed by atoms with Crippen LogP contribution in [0.4, 0.5) is 0 Å². The Morgan fingerprint density at radius 1 is 1.26 bits per heavy atom. The van der Waals surface area contributed by atoms with Gasteiger partial charge >= 0.3 is 0 Å². The second-order valence-corrected chi connectivity index (χ2v) is 8.53. The Kier molecular flexibility index (Phi) is 4.93. The molecule has 140 valence electrons. The first kappa shape index (κ1) is 18.1. The van der Waals surface area contributed by atoms with E-state index in [4.69, 9.17) is 0 Å². The maximum Gasteiger partial charge on any atom is 0.275 e. The molecule has 1 aliphatic rings. The lowest BCUT2D eigenvalue weighted by molar-refractivity contribution is 0.0823. The lowest BCUT2D eigenvalue weighted by Gasteiger charge is -2.12. The highest BCUT2D eigenvalue weighted by Crippen LogP contribution is 2.37. The molecule has 1 atom stereocenters. The van der Waals surface area contributed by atoms with E-state index in [-0.39, 0.29) is 5.91 Å². The molecular formula is C21H24N4OS. The van der Waals surface area contributed by atoms with Gasteiger partial charge in [0.1, 0.15) is 0 Å². The molecule has 1 amide bonds. The van der Waals surface area contributed by atoms with Gasteiger partial charge < -0.3 is 10.2 Å². The molecule has 1 N–H and O–H groups in total. The molecule has 3 aromatic rings. The van der Waals surface area contributed by atoms with Crippen LogP contribution < -0.4 is 5.32 Å². The Bertz CT molecular complexity index is 972. The minimum absolute atomic E-state index is 0.0983. The van der Waals surface area contributed by atoms with Gasteiger partial charge in [-0.1, -0.05) is 29.8 Å². The second-order valence-electron chi connectivity index (χ2n) is 7.48. The monoisotopic (exact) mass is 380 g/mol. The van der Waals surface area contributed by atoms with Gasteiger partial charge in [-0.3, -0.25) is 4.79 Å². The molecule has 5 nitrogen and oxygen atoms in total. The third-order valence-corrected chi connectivity index (χ3v) is 6.31. The minimum Gasteiger partial charge on any atom is -0.343 e. The Balaban J connectivity index is 1.83. The lowest BCUT2D eigenvalue weighted by atomic mass is 10.00. The molecule has 1 fully saturated rings. The van der Waals surface area contributed by atoms with Gasteiger partial charge in [-0.15, -0.1) is 16.4 Å². The summed E-state index contributed by atoms with van der Waals surface area (Å²) in [6.07, 6.45) is 2.06. The molecule has 1 aromatic carbocycles. The number of fused-ring (bicyclic) bond motifs is 1. The number of carbonyl (C=O) groups is 1. The first-order chi connectivity index (χ1) is 13.0. The largest absolute Gasteiger partial charge is 0.343 e. The van der Waals surface area contributed by atoms with Crippen molar-refractivity contribution in [2.45, 2.75) is 19.8 Å². The molecule has 3 heterocycles. The average molecular weight is 381 g/mol. The highest BCUT2D eigenvalue weighted by Gasteiger charge is 2.23. The van der Waals surface area contributed by atoms with Crippen LogP contribution in [0, 0.1) is 12.8 Å². The van der Waals surface area contributed by atoms with Crippen molar-refractivity contribution in [2.75, 3.05) is 27.2 Å². The van der Waals surface area contributed by atoms with Crippen molar-refractivity contribution in [3.63, 3.8) is 0 Å². The number of nitrogens with zero attached hydrogens (tertiary/aromatic N) is 3. The van der Waals surface area contributed by atoms with Crippen LogP contribution in [0.3, 0.4) is 0 Å². The predicted molar refractivity (Wildman–Crippen MR) is 110 cm³/mol. The van der Waals surface area contributed by atoms with E-state index >= 15 is 0 Å². The van der Waals surface area contributed by atoms with Crippen LogP contribution >= 0.6 is 11.3 Å². The van der Waals surface area contributed by atoms with Crippen molar-refractivity contribution in [1.82, 2.24) is 20.4 Å². The zero-order chi connectivity index (χ0) is 19.0. The smallest absolute Gasteiger partial charge is 0.275 e. The zero-order valence-electron chi connectivity index (χ0n) is 16.0. The standard InChI is InChI=1S/C21H24N4OS/c1-13-4-6-15(7-5-13)18-11-16-17(10-14-8-9-22-12-14)23-24-19(20(16)27-18)21(26)25(2)3/h4-7,11,14,22H,8-10,12H2,1-3H3. The Hall–Kier alpha value is -2.31. The summed E-state index contributed by atoms with van der Waals surface area (Å²) >= 11 is 1.64. The molecule has 6 heteroatoms. The van der Waals surface area contributed by atoms with Gasteiger partial charge in [0, 0.05) is 24.4 Å². The van der Waals surface area contributed by atoms with Crippen LogP contribution in [0.5, 0.6) is 0 Å². The van der Waals surface area contributed by atoms with Crippen molar-refractivity contribution < 1.29 is 4.79 Å². The number of nitrogens with one attached hydrogen (secondary N) is 1. The second kappa shape index (κ2) is 7.37. The van der Waals surface area contributed by atoms with E-state index < -0.39 is 0 Å². The predicted octanol–water partition coefficient (Wildman–Crippen LogP) is 3.52. The Labute approximate surface area is 163 Å². The number of benzene rings is 1. The summed E-state index contributed by atoms with van der Waals surface area (Å²) in [5.41, 5.74) is 3.86. The van der Waals surface area contributed by atoms with Crippen LogP contribution in [0.15, 0.2) is 30.3 Å². The van der Waals surface area contributed by atoms with E-state index in [0.717, 1.165) is 46.6 Å². The molecule has 0 radical (unpaired) electrons. The summed E-state index contributed by atoms with van der Waals surface area (Å²) in [6.45, 7) is 4.18. The van der Waals surface area contributed by atoms with Gasteiger partial charge in [-0.05, 0) is 50.4 Å². The number of hydrogen-bond acceptors (Lipinski definition) is 5. The molecule has 1 aliphatic heterocycles. The molecule has 0 spiro atoms.